The van der Waals surface area contributed by atoms with Gasteiger partial charge in [0.05, 0.1) is 6.42 Å². The SMILES string of the molecule is c1ccc(C2N=C(CC3=NC(c4ccccc4)C(c4ccccc4)(c4ccccc4)O3)OC2(c2ccccc2)c2ccccc2)cc1. The van der Waals surface area contributed by atoms with Gasteiger partial charge in [0.1, 0.15) is 12.1 Å². The van der Waals surface area contributed by atoms with E-state index in [1.165, 1.54) is 0 Å². The van der Waals surface area contributed by atoms with Crippen LogP contribution in [-0.4, -0.2) is 11.8 Å². The van der Waals surface area contributed by atoms with E-state index in [4.69, 9.17) is 19.5 Å². The van der Waals surface area contributed by atoms with E-state index in [1.54, 1.807) is 0 Å². The Morgan fingerprint density at radius 2 is 0.617 bits per heavy atom. The molecule has 2 unspecified atom stereocenters. The Morgan fingerprint density at radius 3 is 0.894 bits per heavy atom. The van der Waals surface area contributed by atoms with Crippen molar-refractivity contribution in [1.29, 1.82) is 0 Å². The molecule has 2 atom stereocenters. The van der Waals surface area contributed by atoms with Crippen molar-refractivity contribution in [2.24, 2.45) is 9.98 Å². The van der Waals surface area contributed by atoms with Crippen molar-refractivity contribution in [1.82, 2.24) is 0 Å². The molecular formula is C43H34N2O2. The van der Waals surface area contributed by atoms with Gasteiger partial charge in [-0.3, -0.25) is 0 Å². The summed E-state index contributed by atoms with van der Waals surface area (Å²) in [6, 6.07) is 61.9. The second-order valence-electron chi connectivity index (χ2n) is 12.0. The summed E-state index contributed by atoms with van der Waals surface area (Å²) in [6.07, 6.45) is 0.315. The number of ether oxygens (including phenoxy) is 2. The summed E-state index contributed by atoms with van der Waals surface area (Å²) < 4.78 is 14.3. The number of rotatable bonds is 8. The molecule has 0 saturated carbocycles. The topological polar surface area (TPSA) is 43.2 Å². The van der Waals surface area contributed by atoms with Crippen molar-refractivity contribution < 1.29 is 9.47 Å². The Labute approximate surface area is 275 Å². The fraction of sp³-hybridized carbons (Fsp3) is 0.116. The third-order valence-electron chi connectivity index (χ3n) is 9.22. The third-order valence-corrected chi connectivity index (χ3v) is 9.22. The first-order valence-corrected chi connectivity index (χ1v) is 16.1. The molecule has 0 saturated heterocycles. The highest BCUT2D eigenvalue weighted by atomic mass is 16.5. The molecular weight excluding hydrogens is 576 g/mol. The average molecular weight is 611 g/mol. The Hall–Kier alpha value is -5.74. The molecule has 0 amide bonds. The zero-order chi connectivity index (χ0) is 31.5. The third kappa shape index (κ3) is 5.03. The van der Waals surface area contributed by atoms with Crippen LogP contribution in [-0.2, 0) is 20.7 Å². The summed E-state index contributed by atoms with van der Waals surface area (Å²) >= 11 is 0. The van der Waals surface area contributed by atoms with Gasteiger partial charge in [0.15, 0.2) is 23.0 Å². The van der Waals surface area contributed by atoms with Crippen LogP contribution in [0.3, 0.4) is 0 Å². The lowest BCUT2D eigenvalue weighted by Gasteiger charge is -2.35. The van der Waals surface area contributed by atoms with E-state index < -0.39 is 11.2 Å². The first-order chi connectivity index (χ1) is 23.3. The Morgan fingerprint density at radius 1 is 0.362 bits per heavy atom. The second kappa shape index (κ2) is 12.2. The van der Waals surface area contributed by atoms with Gasteiger partial charge in [0, 0.05) is 22.3 Å². The maximum absolute atomic E-state index is 7.16. The van der Waals surface area contributed by atoms with Gasteiger partial charge in [-0.1, -0.05) is 182 Å². The van der Waals surface area contributed by atoms with Crippen LogP contribution in [0.1, 0.15) is 51.9 Å². The van der Waals surface area contributed by atoms with Crippen LogP contribution < -0.4 is 0 Å². The molecule has 0 fully saturated rings. The van der Waals surface area contributed by atoms with Crippen LogP contribution >= 0.6 is 0 Å². The number of hydrogen-bond donors (Lipinski definition) is 0. The highest BCUT2D eigenvalue weighted by molar-refractivity contribution is 5.99. The van der Waals surface area contributed by atoms with Crippen molar-refractivity contribution in [3.8, 4) is 0 Å². The Balaban J connectivity index is 1.25. The van der Waals surface area contributed by atoms with Crippen molar-refractivity contribution in [2.75, 3.05) is 0 Å². The predicted molar refractivity (Wildman–Crippen MR) is 187 cm³/mol. The average Bonchev–Trinajstić information content (AvgIpc) is 3.74. The van der Waals surface area contributed by atoms with Gasteiger partial charge in [-0.05, 0) is 11.1 Å². The molecule has 0 spiro atoms. The molecule has 2 heterocycles. The largest absolute Gasteiger partial charge is 0.462 e. The van der Waals surface area contributed by atoms with E-state index in [9.17, 15) is 0 Å². The Bertz CT molecular complexity index is 1770. The monoisotopic (exact) mass is 610 g/mol. The lowest BCUT2D eigenvalue weighted by atomic mass is 9.78. The standard InChI is InChI=1S/C43H34N2O2/c1-7-19-32(20-8-1)40-42(34-23-11-3-12-24-34,35-25-13-4-14-26-35)46-38(44-40)31-39-45-41(33-21-9-2-10-22-33)43(47-39,36-27-15-5-16-28-36)37-29-17-6-18-30-37/h1-30,40-41H,31H2. The van der Waals surface area contributed by atoms with Gasteiger partial charge < -0.3 is 9.47 Å². The van der Waals surface area contributed by atoms with Crippen LogP contribution in [0.25, 0.3) is 0 Å². The Kier molecular flexibility index (Phi) is 7.47. The van der Waals surface area contributed by atoms with Crippen molar-refractivity contribution >= 4 is 11.8 Å². The molecule has 0 radical (unpaired) electrons. The van der Waals surface area contributed by atoms with Gasteiger partial charge in [-0.2, -0.15) is 0 Å². The molecule has 0 N–H and O–H groups in total. The fourth-order valence-electron chi connectivity index (χ4n) is 7.13. The van der Waals surface area contributed by atoms with Crippen LogP contribution in [0.4, 0.5) is 0 Å². The molecule has 4 heteroatoms. The minimum absolute atomic E-state index is 0.315. The van der Waals surface area contributed by atoms with Gasteiger partial charge in [-0.25, -0.2) is 9.98 Å². The molecule has 2 aliphatic rings. The quantitative estimate of drug-likeness (QED) is 0.172. The van der Waals surface area contributed by atoms with E-state index in [1.807, 2.05) is 36.4 Å². The van der Waals surface area contributed by atoms with E-state index in [-0.39, 0.29) is 12.1 Å². The van der Waals surface area contributed by atoms with Gasteiger partial charge >= 0.3 is 0 Å². The van der Waals surface area contributed by atoms with Crippen molar-refractivity contribution in [3.05, 3.63) is 215 Å². The molecule has 0 bridgehead atoms. The predicted octanol–water partition coefficient (Wildman–Crippen LogP) is 9.60. The molecule has 8 rings (SSSR count). The second-order valence-corrected chi connectivity index (χ2v) is 12.0. The summed E-state index contributed by atoms with van der Waals surface area (Å²) in [5, 5.41) is 0. The maximum atomic E-state index is 7.16. The first kappa shape index (κ1) is 28.7. The van der Waals surface area contributed by atoms with Crippen LogP contribution in [0.15, 0.2) is 192 Å². The molecule has 4 nitrogen and oxygen atoms in total. The molecule has 0 aromatic heterocycles. The molecule has 0 aliphatic carbocycles. The summed E-state index contributed by atoms with van der Waals surface area (Å²) in [5.41, 5.74) is 4.58. The normalized spacial score (nSPS) is 19.2. The molecule has 6 aromatic carbocycles. The van der Waals surface area contributed by atoms with E-state index >= 15 is 0 Å². The molecule has 228 valence electrons. The van der Waals surface area contributed by atoms with Gasteiger partial charge in [-0.15, -0.1) is 0 Å². The van der Waals surface area contributed by atoms with Crippen LogP contribution in [0.5, 0.6) is 0 Å². The first-order valence-electron chi connectivity index (χ1n) is 16.1. The highest BCUT2D eigenvalue weighted by Gasteiger charge is 2.53. The smallest absolute Gasteiger partial charge is 0.195 e. The highest BCUT2D eigenvalue weighted by Crippen LogP contribution is 2.53. The minimum atomic E-state index is -0.868. The summed E-state index contributed by atoms with van der Waals surface area (Å²) in [6.45, 7) is 0. The number of benzene rings is 6. The molecule has 2 aliphatic heterocycles. The van der Waals surface area contributed by atoms with E-state index in [0.29, 0.717) is 18.2 Å². The van der Waals surface area contributed by atoms with Crippen LogP contribution in [0, 0.1) is 0 Å². The lowest BCUT2D eigenvalue weighted by Crippen LogP contribution is -2.35. The number of hydrogen-bond acceptors (Lipinski definition) is 4. The zero-order valence-electron chi connectivity index (χ0n) is 25.9. The molecule has 6 aromatic rings. The lowest BCUT2D eigenvalue weighted by molar-refractivity contribution is 0.0872. The minimum Gasteiger partial charge on any atom is -0.462 e. The summed E-state index contributed by atoms with van der Waals surface area (Å²) in [7, 11) is 0. The van der Waals surface area contributed by atoms with Gasteiger partial charge in [0.25, 0.3) is 0 Å². The van der Waals surface area contributed by atoms with Gasteiger partial charge in [0.2, 0.25) is 0 Å². The summed E-state index contributed by atoms with van der Waals surface area (Å²) in [4.78, 5) is 10.7. The number of aliphatic imine (C=N–C) groups is 2. The summed E-state index contributed by atoms with van der Waals surface area (Å²) in [5.74, 6) is 1.18. The zero-order valence-corrected chi connectivity index (χ0v) is 25.9. The number of nitrogens with zero attached hydrogens (tertiary/aromatic N) is 2. The van der Waals surface area contributed by atoms with E-state index in [2.05, 4.69) is 146 Å². The van der Waals surface area contributed by atoms with E-state index in [0.717, 1.165) is 33.4 Å². The molecule has 47 heavy (non-hydrogen) atoms. The van der Waals surface area contributed by atoms with Crippen molar-refractivity contribution in [2.45, 2.75) is 29.7 Å². The van der Waals surface area contributed by atoms with Crippen LogP contribution in [0.2, 0.25) is 0 Å². The fourth-order valence-corrected chi connectivity index (χ4v) is 7.13. The maximum Gasteiger partial charge on any atom is 0.195 e. The van der Waals surface area contributed by atoms with Crippen molar-refractivity contribution in [3.63, 3.8) is 0 Å².